The molecule has 2 amide bonds. The Morgan fingerprint density at radius 1 is 1.03 bits per heavy atom. The van der Waals surface area contributed by atoms with Crippen molar-refractivity contribution in [3.05, 3.63) is 35.5 Å². The molecule has 3 rings (SSSR count). The molecule has 158 valence electrons. The molecule has 1 aromatic carbocycles. The lowest BCUT2D eigenvalue weighted by molar-refractivity contribution is -0.138. The number of amides is 2. The van der Waals surface area contributed by atoms with Gasteiger partial charge in [0.15, 0.2) is 0 Å². The van der Waals surface area contributed by atoms with Crippen LogP contribution in [0.1, 0.15) is 39.7 Å². The number of carbonyl (C=O) groups excluding carboxylic acids is 2. The molecule has 0 aromatic heterocycles. The van der Waals surface area contributed by atoms with Crippen molar-refractivity contribution < 1.29 is 19.1 Å². The highest BCUT2D eigenvalue weighted by Crippen LogP contribution is 2.35. The largest absolute Gasteiger partial charge is 0.497 e. The molecule has 0 spiro atoms. The third kappa shape index (κ3) is 4.64. The molecule has 1 fully saturated rings. The van der Waals surface area contributed by atoms with E-state index < -0.39 is 0 Å². The summed E-state index contributed by atoms with van der Waals surface area (Å²) in [5.74, 6) is 1.21. The van der Waals surface area contributed by atoms with E-state index >= 15 is 0 Å². The molecule has 2 heterocycles. The van der Waals surface area contributed by atoms with Crippen LogP contribution >= 0.6 is 0 Å². The number of piperidine rings is 1. The van der Waals surface area contributed by atoms with Crippen molar-refractivity contribution in [3.63, 3.8) is 0 Å². The summed E-state index contributed by atoms with van der Waals surface area (Å²) in [5, 5.41) is 0. The lowest BCUT2D eigenvalue weighted by Crippen LogP contribution is -2.42. The van der Waals surface area contributed by atoms with Crippen LogP contribution in [0.25, 0.3) is 5.57 Å². The van der Waals surface area contributed by atoms with E-state index in [1.165, 1.54) is 4.90 Å². The second-order valence-corrected chi connectivity index (χ2v) is 8.48. The number of carbonyl (C=O) groups is 2. The fourth-order valence-corrected chi connectivity index (χ4v) is 4.30. The summed E-state index contributed by atoms with van der Waals surface area (Å²) in [4.78, 5) is 30.1. The molecular weight excluding hydrogens is 368 g/mol. The third-order valence-corrected chi connectivity index (χ3v) is 5.47. The van der Waals surface area contributed by atoms with Crippen LogP contribution in [0.3, 0.4) is 0 Å². The Labute approximate surface area is 173 Å². The van der Waals surface area contributed by atoms with Crippen molar-refractivity contribution in [2.75, 3.05) is 33.4 Å². The maximum Gasteiger partial charge on any atom is 0.277 e. The van der Waals surface area contributed by atoms with Gasteiger partial charge >= 0.3 is 0 Å². The molecule has 2 aliphatic rings. The Balaban J connectivity index is 1.96. The zero-order valence-corrected chi connectivity index (χ0v) is 18.1. The first-order chi connectivity index (χ1) is 13.8. The zero-order chi connectivity index (χ0) is 21.1. The minimum absolute atomic E-state index is 0.0556. The summed E-state index contributed by atoms with van der Waals surface area (Å²) in [6.07, 6.45) is 1.19. The van der Waals surface area contributed by atoms with Crippen molar-refractivity contribution in [3.8, 4) is 5.75 Å². The molecule has 6 heteroatoms. The summed E-state index contributed by atoms with van der Waals surface area (Å²) >= 11 is 0. The topological polar surface area (TPSA) is 59.1 Å². The monoisotopic (exact) mass is 400 g/mol. The maximum atomic E-state index is 13.3. The standard InChI is InChI=1S/C23H32N2O4/c1-15(2)29-11-10-25-22(26)20(18-6-8-19(28-5)9-7-18)21(23(25)27)24-13-16(3)12-17(4)14-24/h6-9,15-17H,10-14H2,1-5H3. The van der Waals surface area contributed by atoms with Gasteiger partial charge in [-0.05, 0) is 49.8 Å². The predicted octanol–water partition coefficient (Wildman–Crippen LogP) is 3.18. The van der Waals surface area contributed by atoms with Gasteiger partial charge in [-0.2, -0.15) is 0 Å². The maximum absolute atomic E-state index is 13.3. The number of rotatable bonds is 7. The molecule has 6 nitrogen and oxygen atoms in total. The number of likely N-dealkylation sites (tertiary alicyclic amines) is 1. The molecule has 2 unspecified atom stereocenters. The third-order valence-electron chi connectivity index (χ3n) is 5.47. The first kappa shape index (κ1) is 21.4. The van der Waals surface area contributed by atoms with Gasteiger partial charge in [-0.1, -0.05) is 26.0 Å². The average molecular weight is 401 g/mol. The molecule has 0 bridgehead atoms. The average Bonchev–Trinajstić information content (AvgIpc) is 2.91. The zero-order valence-electron chi connectivity index (χ0n) is 18.1. The number of methoxy groups -OCH3 is 1. The van der Waals surface area contributed by atoms with E-state index in [4.69, 9.17) is 9.47 Å². The Morgan fingerprint density at radius 2 is 1.66 bits per heavy atom. The van der Waals surface area contributed by atoms with Crippen LogP contribution in [0, 0.1) is 11.8 Å². The Hall–Kier alpha value is -2.34. The van der Waals surface area contributed by atoms with Crippen LogP contribution in [0.2, 0.25) is 0 Å². The number of nitrogens with zero attached hydrogens (tertiary/aromatic N) is 2. The Kier molecular flexibility index (Phi) is 6.63. The summed E-state index contributed by atoms with van der Waals surface area (Å²) in [6.45, 7) is 10.5. The highest BCUT2D eigenvalue weighted by Gasteiger charge is 2.42. The smallest absolute Gasteiger partial charge is 0.277 e. The van der Waals surface area contributed by atoms with Gasteiger partial charge in [-0.25, -0.2) is 0 Å². The molecule has 0 N–H and O–H groups in total. The van der Waals surface area contributed by atoms with E-state index in [-0.39, 0.29) is 24.5 Å². The summed E-state index contributed by atoms with van der Waals surface area (Å²) in [7, 11) is 1.61. The first-order valence-corrected chi connectivity index (χ1v) is 10.4. The van der Waals surface area contributed by atoms with Crippen molar-refractivity contribution in [1.29, 1.82) is 0 Å². The molecule has 2 atom stereocenters. The lowest BCUT2D eigenvalue weighted by atomic mass is 9.91. The van der Waals surface area contributed by atoms with Gasteiger partial charge < -0.3 is 14.4 Å². The van der Waals surface area contributed by atoms with Crippen molar-refractivity contribution in [2.24, 2.45) is 11.8 Å². The summed E-state index contributed by atoms with van der Waals surface area (Å²) in [5.41, 5.74) is 1.77. The molecule has 0 radical (unpaired) electrons. The molecule has 0 saturated carbocycles. The number of hydrogen-bond donors (Lipinski definition) is 0. The van der Waals surface area contributed by atoms with E-state index in [1.807, 2.05) is 38.1 Å². The second-order valence-electron chi connectivity index (χ2n) is 8.48. The molecule has 1 saturated heterocycles. The fraction of sp³-hybridized carbons (Fsp3) is 0.565. The SMILES string of the molecule is COc1ccc(C2=C(N3CC(C)CC(C)C3)C(=O)N(CCOC(C)C)C2=O)cc1. The van der Waals surface area contributed by atoms with E-state index in [0.29, 0.717) is 29.7 Å². The minimum atomic E-state index is -0.242. The van der Waals surface area contributed by atoms with Crippen LogP contribution in [0.4, 0.5) is 0 Å². The van der Waals surface area contributed by atoms with Gasteiger partial charge in [0.05, 0.1) is 31.9 Å². The van der Waals surface area contributed by atoms with Gasteiger partial charge in [0, 0.05) is 13.1 Å². The number of imide groups is 1. The molecule has 29 heavy (non-hydrogen) atoms. The van der Waals surface area contributed by atoms with Gasteiger partial charge in [0.25, 0.3) is 11.8 Å². The van der Waals surface area contributed by atoms with Crippen molar-refractivity contribution >= 4 is 17.4 Å². The molecule has 2 aliphatic heterocycles. The highest BCUT2D eigenvalue weighted by molar-refractivity contribution is 6.35. The van der Waals surface area contributed by atoms with Crippen molar-refractivity contribution in [2.45, 2.75) is 40.2 Å². The van der Waals surface area contributed by atoms with Crippen LogP contribution in [-0.2, 0) is 14.3 Å². The molecular formula is C23H32N2O4. The van der Waals surface area contributed by atoms with Gasteiger partial charge in [0.2, 0.25) is 0 Å². The van der Waals surface area contributed by atoms with E-state index in [0.717, 1.165) is 30.8 Å². The van der Waals surface area contributed by atoms with Crippen LogP contribution in [0.5, 0.6) is 5.75 Å². The Bertz CT molecular complexity index is 775. The van der Waals surface area contributed by atoms with E-state index in [1.54, 1.807) is 7.11 Å². The fourth-order valence-electron chi connectivity index (χ4n) is 4.30. The lowest BCUT2D eigenvalue weighted by Gasteiger charge is -2.37. The molecule has 1 aromatic rings. The number of ether oxygens (including phenoxy) is 2. The van der Waals surface area contributed by atoms with Crippen LogP contribution in [0.15, 0.2) is 30.0 Å². The predicted molar refractivity (Wildman–Crippen MR) is 112 cm³/mol. The normalized spacial score (nSPS) is 22.8. The van der Waals surface area contributed by atoms with Crippen LogP contribution < -0.4 is 4.74 Å². The van der Waals surface area contributed by atoms with E-state index in [9.17, 15) is 9.59 Å². The second kappa shape index (κ2) is 8.99. The van der Waals surface area contributed by atoms with E-state index in [2.05, 4.69) is 18.7 Å². The summed E-state index contributed by atoms with van der Waals surface area (Å²) in [6, 6.07) is 7.35. The minimum Gasteiger partial charge on any atom is -0.497 e. The quantitative estimate of drug-likeness (QED) is 0.658. The van der Waals surface area contributed by atoms with Gasteiger partial charge in [0.1, 0.15) is 11.4 Å². The van der Waals surface area contributed by atoms with Crippen LogP contribution in [-0.4, -0.2) is 61.1 Å². The number of benzene rings is 1. The van der Waals surface area contributed by atoms with Gasteiger partial charge in [-0.3, -0.25) is 14.5 Å². The molecule has 0 aliphatic carbocycles. The van der Waals surface area contributed by atoms with Gasteiger partial charge in [-0.15, -0.1) is 0 Å². The summed E-state index contributed by atoms with van der Waals surface area (Å²) < 4.78 is 10.8. The highest BCUT2D eigenvalue weighted by atomic mass is 16.5. The van der Waals surface area contributed by atoms with Crippen molar-refractivity contribution in [1.82, 2.24) is 9.80 Å². The first-order valence-electron chi connectivity index (χ1n) is 10.4. The number of hydrogen-bond acceptors (Lipinski definition) is 5. The Morgan fingerprint density at radius 3 is 2.21 bits per heavy atom.